The van der Waals surface area contributed by atoms with Gasteiger partial charge in [-0.05, 0) is 58.2 Å². The van der Waals surface area contributed by atoms with E-state index in [0.29, 0.717) is 4.47 Å². The number of halogens is 2. The Morgan fingerprint density at radius 1 is 1.03 bits per heavy atom. The fourth-order valence-corrected chi connectivity index (χ4v) is 3.66. The minimum absolute atomic E-state index is 0.0385. The lowest BCUT2D eigenvalue weighted by Gasteiger charge is -2.30. The Kier molecular flexibility index (Phi) is 7.41. The standard InChI is InChI=1S/C24H21BrFNO4/c1-16(18-6-3-2-4-7-18)27(14-17-10-12-19(26)13-11-17)22(28)15-31-23-20(24(29)30)8-5-9-21(23)25/h2-13,16H,14-15H2,1H3,(H,29,30)/t16-/m1/s1. The van der Waals surface area contributed by atoms with Gasteiger partial charge in [-0.1, -0.05) is 48.5 Å². The first-order chi connectivity index (χ1) is 14.9. The number of carbonyl (C=O) groups excluding carboxylic acids is 1. The van der Waals surface area contributed by atoms with Crippen LogP contribution in [-0.2, 0) is 11.3 Å². The number of rotatable bonds is 8. The van der Waals surface area contributed by atoms with Gasteiger partial charge in [0.15, 0.2) is 6.61 Å². The normalized spacial score (nSPS) is 11.6. The van der Waals surface area contributed by atoms with Crippen LogP contribution in [0.15, 0.2) is 77.3 Å². The third-order valence-electron chi connectivity index (χ3n) is 4.87. The number of hydrogen-bond donors (Lipinski definition) is 1. The number of amides is 1. The number of carbonyl (C=O) groups is 2. The Bertz CT molecular complexity index is 1060. The van der Waals surface area contributed by atoms with Crippen molar-refractivity contribution in [3.05, 3.63) is 99.8 Å². The number of carboxylic acid groups (broad SMARTS) is 1. The number of ether oxygens (including phenoxy) is 1. The summed E-state index contributed by atoms with van der Waals surface area (Å²) in [7, 11) is 0. The first-order valence-corrected chi connectivity index (χ1v) is 10.4. The Hall–Kier alpha value is -3.19. The Balaban J connectivity index is 1.84. The van der Waals surface area contributed by atoms with Crippen LogP contribution in [0.4, 0.5) is 4.39 Å². The molecular formula is C24H21BrFNO4. The maximum Gasteiger partial charge on any atom is 0.339 e. The van der Waals surface area contributed by atoms with Gasteiger partial charge >= 0.3 is 5.97 Å². The highest BCUT2D eigenvalue weighted by atomic mass is 79.9. The Morgan fingerprint density at radius 3 is 2.35 bits per heavy atom. The van der Waals surface area contributed by atoms with E-state index < -0.39 is 5.97 Å². The summed E-state index contributed by atoms with van der Waals surface area (Å²) >= 11 is 3.28. The highest BCUT2D eigenvalue weighted by Crippen LogP contribution is 2.30. The Morgan fingerprint density at radius 2 is 1.71 bits per heavy atom. The van der Waals surface area contributed by atoms with E-state index in [-0.39, 0.29) is 42.2 Å². The predicted molar refractivity (Wildman–Crippen MR) is 118 cm³/mol. The van der Waals surface area contributed by atoms with E-state index in [4.69, 9.17) is 4.74 Å². The molecule has 0 fully saturated rings. The molecule has 1 atom stereocenters. The summed E-state index contributed by atoms with van der Waals surface area (Å²) in [6, 6.07) is 19.8. The van der Waals surface area contributed by atoms with Gasteiger partial charge in [0.1, 0.15) is 17.1 Å². The topological polar surface area (TPSA) is 66.8 Å². The molecule has 0 heterocycles. The summed E-state index contributed by atoms with van der Waals surface area (Å²) in [6.45, 7) is 1.80. The molecule has 5 nitrogen and oxygen atoms in total. The van der Waals surface area contributed by atoms with E-state index in [9.17, 15) is 19.1 Å². The van der Waals surface area contributed by atoms with Crippen molar-refractivity contribution < 1.29 is 23.8 Å². The zero-order chi connectivity index (χ0) is 22.4. The van der Waals surface area contributed by atoms with Crippen LogP contribution in [0.1, 0.15) is 34.5 Å². The molecule has 0 bridgehead atoms. The highest BCUT2D eigenvalue weighted by Gasteiger charge is 2.24. The largest absolute Gasteiger partial charge is 0.482 e. The van der Waals surface area contributed by atoms with Crippen molar-refractivity contribution in [3.8, 4) is 5.75 Å². The maximum atomic E-state index is 13.3. The number of hydrogen-bond acceptors (Lipinski definition) is 3. The van der Waals surface area contributed by atoms with Crippen LogP contribution in [0.25, 0.3) is 0 Å². The third kappa shape index (κ3) is 5.70. The quantitative estimate of drug-likeness (QED) is 0.460. The molecule has 0 aliphatic carbocycles. The average Bonchev–Trinajstić information content (AvgIpc) is 2.77. The van der Waals surface area contributed by atoms with Crippen molar-refractivity contribution in [2.45, 2.75) is 19.5 Å². The number of nitrogens with zero attached hydrogens (tertiary/aromatic N) is 1. The first kappa shape index (κ1) is 22.5. The molecule has 160 valence electrons. The monoisotopic (exact) mass is 485 g/mol. The Labute approximate surface area is 188 Å². The van der Waals surface area contributed by atoms with Gasteiger partial charge in [0.2, 0.25) is 0 Å². The predicted octanol–water partition coefficient (Wildman–Crippen LogP) is 5.46. The van der Waals surface area contributed by atoms with Gasteiger partial charge < -0.3 is 14.7 Å². The number of para-hydroxylation sites is 1. The molecule has 3 aromatic rings. The molecule has 3 aromatic carbocycles. The molecule has 0 aliphatic heterocycles. The summed E-state index contributed by atoms with van der Waals surface area (Å²) in [6.07, 6.45) is 0. The zero-order valence-electron chi connectivity index (χ0n) is 16.8. The number of benzene rings is 3. The van der Waals surface area contributed by atoms with Crippen LogP contribution in [0.3, 0.4) is 0 Å². The van der Waals surface area contributed by atoms with Gasteiger partial charge in [0.25, 0.3) is 5.91 Å². The van der Waals surface area contributed by atoms with Crippen LogP contribution in [0.5, 0.6) is 5.75 Å². The lowest BCUT2D eigenvalue weighted by molar-refractivity contribution is -0.136. The smallest absolute Gasteiger partial charge is 0.339 e. The van der Waals surface area contributed by atoms with Crippen molar-refractivity contribution in [2.24, 2.45) is 0 Å². The van der Waals surface area contributed by atoms with Crippen LogP contribution in [0.2, 0.25) is 0 Å². The molecular weight excluding hydrogens is 465 g/mol. The molecule has 0 saturated heterocycles. The third-order valence-corrected chi connectivity index (χ3v) is 5.50. The van der Waals surface area contributed by atoms with Crippen molar-refractivity contribution >= 4 is 27.8 Å². The second-order valence-electron chi connectivity index (χ2n) is 6.95. The van der Waals surface area contributed by atoms with E-state index in [1.165, 1.54) is 18.2 Å². The molecule has 0 unspecified atom stereocenters. The molecule has 31 heavy (non-hydrogen) atoms. The number of aromatic carboxylic acids is 1. The fraction of sp³-hybridized carbons (Fsp3) is 0.167. The maximum absolute atomic E-state index is 13.3. The van der Waals surface area contributed by atoms with Crippen LogP contribution in [0, 0.1) is 5.82 Å². The van der Waals surface area contributed by atoms with Gasteiger partial charge in [0, 0.05) is 6.54 Å². The van der Waals surface area contributed by atoms with Crippen molar-refractivity contribution in [2.75, 3.05) is 6.61 Å². The van der Waals surface area contributed by atoms with Gasteiger partial charge in [-0.25, -0.2) is 9.18 Å². The van der Waals surface area contributed by atoms with Gasteiger partial charge in [-0.15, -0.1) is 0 Å². The van der Waals surface area contributed by atoms with E-state index in [1.807, 2.05) is 37.3 Å². The molecule has 0 saturated carbocycles. The molecule has 7 heteroatoms. The van der Waals surface area contributed by atoms with Gasteiger partial charge in [-0.3, -0.25) is 4.79 Å². The lowest BCUT2D eigenvalue weighted by Crippen LogP contribution is -2.36. The van der Waals surface area contributed by atoms with Crippen molar-refractivity contribution in [3.63, 3.8) is 0 Å². The minimum atomic E-state index is -1.15. The van der Waals surface area contributed by atoms with Gasteiger partial charge in [-0.2, -0.15) is 0 Å². The summed E-state index contributed by atoms with van der Waals surface area (Å²) in [5.41, 5.74) is 1.66. The molecule has 1 N–H and O–H groups in total. The second kappa shape index (κ2) is 10.2. The minimum Gasteiger partial charge on any atom is -0.482 e. The highest BCUT2D eigenvalue weighted by molar-refractivity contribution is 9.10. The molecule has 3 rings (SSSR count). The second-order valence-corrected chi connectivity index (χ2v) is 7.80. The molecule has 1 amide bonds. The van der Waals surface area contributed by atoms with Crippen molar-refractivity contribution in [1.82, 2.24) is 4.90 Å². The summed E-state index contributed by atoms with van der Waals surface area (Å²) < 4.78 is 19.4. The van der Waals surface area contributed by atoms with E-state index in [1.54, 1.807) is 29.2 Å². The van der Waals surface area contributed by atoms with Crippen molar-refractivity contribution in [1.29, 1.82) is 0 Å². The number of carboxylic acids is 1. The van der Waals surface area contributed by atoms with Crippen LogP contribution in [-0.4, -0.2) is 28.5 Å². The summed E-state index contributed by atoms with van der Waals surface area (Å²) in [5.74, 6) is -1.73. The van der Waals surface area contributed by atoms with E-state index >= 15 is 0 Å². The van der Waals surface area contributed by atoms with E-state index in [2.05, 4.69) is 15.9 Å². The first-order valence-electron chi connectivity index (χ1n) is 9.60. The van der Waals surface area contributed by atoms with Gasteiger partial charge in [0.05, 0.1) is 10.5 Å². The zero-order valence-corrected chi connectivity index (χ0v) is 18.4. The van der Waals surface area contributed by atoms with Crippen LogP contribution >= 0.6 is 15.9 Å². The SMILES string of the molecule is C[C@H](c1ccccc1)N(Cc1ccc(F)cc1)C(=O)COc1c(Br)cccc1C(=O)O. The molecule has 0 aromatic heterocycles. The average molecular weight is 486 g/mol. The lowest BCUT2D eigenvalue weighted by atomic mass is 10.1. The molecule has 0 aliphatic rings. The van der Waals surface area contributed by atoms with E-state index in [0.717, 1.165) is 11.1 Å². The summed E-state index contributed by atoms with van der Waals surface area (Å²) in [4.78, 5) is 26.3. The van der Waals surface area contributed by atoms with Crippen LogP contribution < -0.4 is 4.74 Å². The molecule has 0 spiro atoms. The summed E-state index contributed by atoms with van der Waals surface area (Å²) in [5, 5.41) is 9.39. The fourth-order valence-electron chi connectivity index (χ4n) is 3.18. The molecule has 0 radical (unpaired) electrons.